The van der Waals surface area contributed by atoms with Crippen molar-refractivity contribution in [1.29, 1.82) is 0 Å². The molecular weight excluding hydrogens is 274 g/mol. The Labute approximate surface area is 120 Å². The molecule has 0 aliphatic heterocycles. The fourth-order valence-electron chi connectivity index (χ4n) is 1.90. The summed E-state index contributed by atoms with van der Waals surface area (Å²) in [5.74, 6) is 1.69. The minimum Gasteiger partial charge on any atom is -0.494 e. The molecule has 20 heavy (non-hydrogen) atoms. The van der Waals surface area contributed by atoms with Crippen molar-refractivity contribution in [2.75, 3.05) is 11.9 Å². The number of hydrogen-bond acceptors (Lipinski definition) is 6. The van der Waals surface area contributed by atoms with Crippen molar-refractivity contribution >= 4 is 26.7 Å². The molecule has 2 heterocycles. The molecule has 0 spiro atoms. The number of aromatic nitrogens is 2. The van der Waals surface area contributed by atoms with Gasteiger partial charge in [-0.05, 0) is 32.0 Å². The molecule has 0 saturated carbocycles. The Hall–Kier alpha value is -2.08. The molecule has 3 aromatic rings. The van der Waals surface area contributed by atoms with Gasteiger partial charge in [0.25, 0.3) is 0 Å². The van der Waals surface area contributed by atoms with Crippen LogP contribution in [0.2, 0.25) is 0 Å². The van der Waals surface area contributed by atoms with Crippen LogP contribution in [0.25, 0.3) is 10.2 Å². The van der Waals surface area contributed by atoms with E-state index in [1.165, 1.54) is 0 Å². The van der Waals surface area contributed by atoms with Gasteiger partial charge in [0.1, 0.15) is 17.2 Å². The predicted octanol–water partition coefficient (Wildman–Crippen LogP) is 3.60. The molecule has 0 saturated heterocycles. The molecule has 0 atom stereocenters. The van der Waals surface area contributed by atoms with Crippen molar-refractivity contribution in [3.05, 3.63) is 35.7 Å². The van der Waals surface area contributed by atoms with Crippen molar-refractivity contribution in [3.8, 4) is 5.75 Å². The highest BCUT2D eigenvalue weighted by atomic mass is 32.1. The summed E-state index contributed by atoms with van der Waals surface area (Å²) in [5, 5.41) is 8.07. The molecule has 2 aromatic heterocycles. The van der Waals surface area contributed by atoms with Crippen LogP contribution < -0.4 is 10.1 Å². The molecule has 0 radical (unpaired) electrons. The summed E-state index contributed by atoms with van der Waals surface area (Å²) >= 11 is 1.60. The fourth-order valence-corrected chi connectivity index (χ4v) is 2.79. The number of nitrogens with zero attached hydrogens (tertiary/aromatic N) is 2. The van der Waals surface area contributed by atoms with Gasteiger partial charge in [0.15, 0.2) is 5.13 Å². The largest absolute Gasteiger partial charge is 0.494 e. The van der Waals surface area contributed by atoms with Gasteiger partial charge in [-0.1, -0.05) is 16.5 Å². The van der Waals surface area contributed by atoms with Gasteiger partial charge in [-0.2, -0.15) is 0 Å². The second-order valence-corrected chi connectivity index (χ2v) is 5.39. The molecule has 1 aromatic carbocycles. The highest BCUT2D eigenvalue weighted by Crippen LogP contribution is 2.29. The number of hydrogen-bond donors (Lipinski definition) is 1. The van der Waals surface area contributed by atoms with E-state index in [1.54, 1.807) is 11.3 Å². The lowest BCUT2D eigenvalue weighted by atomic mass is 10.3. The normalized spacial score (nSPS) is 10.9. The number of anilines is 1. The second-order valence-electron chi connectivity index (χ2n) is 4.36. The third kappa shape index (κ3) is 2.75. The molecular formula is C14H15N3O2S. The van der Waals surface area contributed by atoms with Crippen LogP contribution in [0.15, 0.2) is 28.8 Å². The zero-order chi connectivity index (χ0) is 13.9. The summed E-state index contributed by atoms with van der Waals surface area (Å²) in [4.78, 5) is 4.53. The van der Waals surface area contributed by atoms with Crippen LogP contribution in [-0.4, -0.2) is 16.7 Å². The zero-order valence-electron chi connectivity index (χ0n) is 11.3. The summed E-state index contributed by atoms with van der Waals surface area (Å²) in [7, 11) is 0. The van der Waals surface area contributed by atoms with Crippen LogP contribution in [0.3, 0.4) is 0 Å². The van der Waals surface area contributed by atoms with E-state index in [0.29, 0.717) is 13.2 Å². The van der Waals surface area contributed by atoms with Crippen LogP contribution in [0.1, 0.15) is 18.4 Å². The summed E-state index contributed by atoms with van der Waals surface area (Å²) < 4.78 is 11.6. The molecule has 6 heteroatoms. The average molecular weight is 289 g/mol. The number of aryl methyl sites for hydroxylation is 1. The minimum absolute atomic E-state index is 0.607. The Balaban J connectivity index is 1.75. The number of thiazole rings is 1. The van der Waals surface area contributed by atoms with Crippen molar-refractivity contribution < 1.29 is 9.26 Å². The maximum atomic E-state index is 5.49. The number of nitrogens with one attached hydrogen (secondary N) is 1. The molecule has 0 fully saturated rings. The SMILES string of the molecule is CCOc1ccc2nc(NCc3cc(C)on3)sc2c1. The molecule has 0 aliphatic carbocycles. The third-order valence-electron chi connectivity index (χ3n) is 2.77. The van der Waals surface area contributed by atoms with E-state index in [0.717, 1.165) is 32.6 Å². The molecule has 0 aliphatic rings. The Morgan fingerprint density at radius 2 is 2.25 bits per heavy atom. The van der Waals surface area contributed by atoms with Gasteiger partial charge in [-0.15, -0.1) is 0 Å². The second kappa shape index (κ2) is 5.50. The lowest BCUT2D eigenvalue weighted by Crippen LogP contribution is -1.98. The number of ether oxygens (including phenoxy) is 1. The topological polar surface area (TPSA) is 60.2 Å². The van der Waals surface area contributed by atoms with E-state index < -0.39 is 0 Å². The quantitative estimate of drug-likeness (QED) is 0.777. The van der Waals surface area contributed by atoms with Crippen LogP contribution in [0.5, 0.6) is 5.75 Å². The van der Waals surface area contributed by atoms with Gasteiger partial charge in [0, 0.05) is 6.07 Å². The van der Waals surface area contributed by atoms with E-state index >= 15 is 0 Å². The summed E-state index contributed by atoms with van der Waals surface area (Å²) in [6, 6.07) is 7.84. The molecule has 0 amide bonds. The highest BCUT2D eigenvalue weighted by Gasteiger charge is 2.06. The first-order chi connectivity index (χ1) is 9.74. The van der Waals surface area contributed by atoms with E-state index in [9.17, 15) is 0 Å². The summed E-state index contributed by atoms with van der Waals surface area (Å²) in [6.45, 7) is 5.13. The average Bonchev–Trinajstić information content (AvgIpc) is 3.02. The van der Waals surface area contributed by atoms with Gasteiger partial charge in [0.2, 0.25) is 0 Å². The monoisotopic (exact) mass is 289 g/mol. The molecule has 0 bridgehead atoms. The predicted molar refractivity (Wildman–Crippen MR) is 79.4 cm³/mol. The Morgan fingerprint density at radius 1 is 1.35 bits per heavy atom. The number of benzene rings is 1. The standard InChI is InChI=1S/C14H15N3O2S/c1-3-18-11-4-5-12-13(7-11)20-14(16-12)15-8-10-6-9(2)19-17-10/h4-7H,3,8H2,1-2H3,(H,15,16). The molecule has 3 rings (SSSR count). The van der Waals surface area contributed by atoms with Crippen molar-refractivity contribution in [3.63, 3.8) is 0 Å². The van der Waals surface area contributed by atoms with Gasteiger partial charge >= 0.3 is 0 Å². The first kappa shape index (κ1) is 12.9. The summed E-state index contributed by atoms with van der Waals surface area (Å²) in [5.41, 5.74) is 1.84. The van der Waals surface area contributed by atoms with E-state index in [-0.39, 0.29) is 0 Å². The fraction of sp³-hybridized carbons (Fsp3) is 0.286. The minimum atomic E-state index is 0.607. The maximum absolute atomic E-state index is 5.49. The smallest absolute Gasteiger partial charge is 0.184 e. The molecule has 5 nitrogen and oxygen atoms in total. The molecule has 0 unspecified atom stereocenters. The van der Waals surface area contributed by atoms with Gasteiger partial charge in [0.05, 0.1) is 23.4 Å². The maximum Gasteiger partial charge on any atom is 0.184 e. The summed E-state index contributed by atoms with van der Waals surface area (Å²) in [6.07, 6.45) is 0. The van der Waals surface area contributed by atoms with Crippen LogP contribution >= 0.6 is 11.3 Å². The Morgan fingerprint density at radius 3 is 3.00 bits per heavy atom. The van der Waals surface area contributed by atoms with Crippen LogP contribution in [-0.2, 0) is 6.54 Å². The number of rotatable bonds is 5. The van der Waals surface area contributed by atoms with Gasteiger partial charge in [-0.3, -0.25) is 0 Å². The Kier molecular flexibility index (Phi) is 3.56. The lowest BCUT2D eigenvalue weighted by molar-refractivity contribution is 0.341. The van der Waals surface area contributed by atoms with Crippen molar-refractivity contribution in [1.82, 2.24) is 10.1 Å². The number of fused-ring (bicyclic) bond motifs is 1. The van der Waals surface area contributed by atoms with E-state index in [1.807, 2.05) is 38.1 Å². The lowest BCUT2D eigenvalue weighted by Gasteiger charge is -2.00. The van der Waals surface area contributed by atoms with Crippen molar-refractivity contribution in [2.45, 2.75) is 20.4 Å². The van der Waals surface area contributed by atoms with Crippen LogP contribution in [0, 0.1) is 6.92 Å². The third-order valence-corrected chi connectivity index (χ3v) is 3.74. The van der Waals surface area contributed by atoms with Gasteiger partial charge in [-0.25, -0.2) is 4.98 Å². The van der Waals surface area contributed by atoms with Crippen LogP contribution in [0.4, 0.5) is 5.13 Å². The highest BCUT2D eigenvalue weighted by molar-refractivity contribution is 7.22. The van der Waals surface area contributed by atoms with Crippen molar-refractivity contribution in [2.24, 2.45) is 0 Å². The first-order valence-corrected chi connectivity index (χ1v) is 7.25. The Bertz CT molecular complexity index is 720. The molecule has 104 valence electrons. The zero-order valence-corrected chi connectivity index (χ0v) is 12.2. The van der Waals surface area contributed by atoms with E-state index in [4.69, 9.17) is 9.26 Å². The molecule has 1 N–H and O–H groups in total. The van der Waals surface area contributed by atoms with Gasteiger partial charge < -0.3 is 14.6 Å². The first-order valence-electron chi connectivity index (χ1n) is 6.44. The van der Waals surface area contributed by atoms with E-state index in [2.05, 4.69) is 15.5 Å².